The van der Waals surface area contributed by atoms with Crippen molar-refractivity contribution in [1.82, 2.24) is 20.4 Å². The summed E-state index contributed by atoms with van der Waals surface area (Å²) in [7, 11) is 1.61. The number of aliphatic carboxylic acids is 1. The molecule has 0 saturated heterocycles. The van der Waals surface area contributed by atoms with Gasteiger partial charge in [0.05, 0.1) is 12.7 Å². The number of carbonyl (C=O) groups is 2. The molecular formula is C11H18N4O3S. The first-order chi connectivity index (χ1) is 9.04. The van der Waals surface area contributed by atoms with Crippen LogP contribution < -0.4 is 5.32 Å². The Hall–Kier alpha value is -1.70. The van der Waals surface area contributed by atoms with Gasteiger partial charge in [-0.15, -0.1) is 0 Å². The molecule has 1 atom stereocenters. The predicted octanol–water partition coefficient (Wildman–Crippen LogP) is 0.757. The van der Waals surface area contributed by atoms with Gasteiger partial charge < -0.3 is 15.3 Å². The van der Waals surface area contributed by atoms with E-state index in [2.05, 4.69) is 15.5 Å². The van der Waals surface area contributed by atoms with E-state index in [1.165, 1.54) is 4.90 Å². The van der Waals surface area contributed by atoms with Crippen LogP contribution in [-0.4, -0.2) is 57.3 Å². The molecule has 0 aromatic carbocycles. The van der Waals surface area contributed by atoms with Crippen LogP contribution in [0.2, 0.25) is 0 Å². The van der Waals surface area contributed by atoms with E-state index in [4.69, 9.17) is 5.11 Å². The van der Waals surface area contributed by atoms with E-state index in [0.717, 1.165) is 5.56 Å². The summed E-state index contributed by atoms with van der Waals surface area (Å²) in [6.07, 6.45) is 5.60. The number of aromatic nitrogens is 2. The molecule has 1 rings (SSSR count). The van der Waals surface area contributed by atoms with Crippen LogP contribution in [-0.2, 0) is 11.3 Å². The van der Waals surface area contributed by atoms with Crippen LogP contribution in [0, 0.1) is 0 Å². The van der Waals surface area contributed by atoms with Gasteiger partial charge in [0.15, 0.2) is 0 Å². The van der Waals surface area contributed by atoms with E-state index in [1.807, 2.05) is 6.26 Å². The molecule has 3 N–H and O–H groups in total. The minimum atomic E-state index is -1.01. The van der Waals surface area contributed by atoms with Gasteiger partial charge in [-0.25, -0.2) is 9.59 Å². The monoisotopic (exact) mass is 286 g/mol. The fourth-order valence-electron chi connectivity index (χ4n) is 1.46. The molecule has 19 heavy (non-hydrogen) atoms. The van der Waals surface area contributed by atoms with Crippen LogP contribution in [0.1, 0.15) is 12.0 Å². The third kappa shape index (κ3) is 5.21. The van der Waals surface area contributed by atoms with Crippen LogP contribution in [0.5, 0.6) is 0 Å². The van der Waals surface area contributed by atoms with Crippen molar-refractivity contribution in [2.45, 2.75) is 19.0 Å². The highest BCUT2D eigenvalue weighted by atomic mass is 32.2. The topological polar surface area (TPSA) is 98.3 Å². The molecule has 0 aliphatic carbocycles. The SMILES string of the molecule is CSCC[C@@H](NC(=O)N(C)Cc1cn[nH]c1)C(=O)O. The van der Waals surface area contributed by atoms with Crippen molar-refractivity contribution in [3.8, 4) is 0 Å². The first kappa shape index (κ1) is 15.4. The van der Waals surface area contributed by atoms with Crippen LogP contribution in [0.4, 0.5) is 4.79 Å². The zero-order chi connectivity index (χ0) is 14.3. The van der Waals surface area contributed by atoms with Crippen molar-refractivity contribution in [1.29, 1.82) is 0 Å². The Morgan fingerprint density at radius 1 is 1.63 bits per heavy atom. The van der Waals surface area contributed by atoms with Gasteiger partial charge in [-0.3, -0.25) is 5.10 Å². The predicted molar refractivity (Wildman–Crippen MR) is 73.0 cm³/mol. The summed E-state index contributed by atoms with van der Waals surface area (Å²) in [5.74, 6) is -0.331. The summed E-state index contributed by atoms with van der Waals surface area (Å²) in [4.78, 5) is 24.3. The van der Waals surface area contributed by atoms with Crippen molar-refractivity contribution >= 4 is 23.8 Å². The molecular weight excluding hydrogens is 268 g/mol. The second-order valence-electron chi connectivity index (χ2n) is 4.08. The maximum absolute atomic E-state index is 11.9. The molecule has 0 aliphatic heterocycles. The first-order valence-electron chi connectivity index (χ1n) is 5.75. The molecule has 1 heterocycles. The van der Waals surface area contributed by atoms with Crippen molar-refractivity contribution in [2.75, 3.05) is 19.1 Å². The Morgan fingerprint density at radius 3 is 2.89 bits per heavy atom. The molecule has 0 fully saturated rings. The summed E-state index contributed by atoms with van der Waals surface area (Å²) in [6, 6.07) is -1.26. The lowest BCUT2D eigenvalue weighted by Gasteiger charge is -2.20. The van der Waals surface area contributed by atoms with Gasteiger partial charge in [0.2, 0.25) is 0 Å². The Kier molecular flexibility index (Phi) is 6.20. The van der Waals surface area contributed by atoms with E-state index < -0.39 is 18.0 Å². The largest absolute Gasteiger partial charge is 0.480 e. The van der Waals surface area contributed by atoms with Crippen LogP contribution in [0.25, 0.3) is 0 Å². The van der Waals surface area contributed by atoms with Gasteiger partial charge in [-0.1, -0.05) is 0 Å². The minimum absolute atomic E-state index is 0.372. The van der Waals surface area contributed by atoms with E-state index in [0.29, 0.717) is 18.7 Å². The lowest BCUT2D eigenvalue weighted by Crippen LogP contribution is -2.46. The fraction of sp³-hybridized carbons (Fsp3) is 0.545. The molecule has 1 aromatic rings. The molecule has 0 aliphatic rings. The first-order valence-corrected chi connectivity index (χ1v) is 7.15. The summed E-state index contributed by atoms with van der Waals surface area (Å²) >= 11 is 1.55. The number of nitrogens with one attached hydrogen (secondary N) is 2. The lowest BCUT2D eigenvalue weighted by molar-refractivity contribution is -0.139. The number of H-pyrrole nitrogens is 1. The second kappa shape index (κ2) is 7.67. The molecule has 8 heteroatoms. The highest BCUT2D eigenvalue weighted by Crippen LogP contribution is 2.04. The number of thioether (sulfide) groups is 1. The number of carbonyl (C=O) groups excluding carboxylic acids is 1. The van der Waals surface area contributed by atoms with Gasteiger partial charge in [0.1, 0.15) is 6.04 Å². The molecule has 0 radical (unpaired) electrons. The zero-order valence-electron chi connectivity index (χ0n) is 10.9. The average molecular weight is 286 g/mol. The number of rotatable bonds is 7. The van der Waals surface area contributed by atoms with Crippen molar-refractivity contribution in [2.24, 2.45) is 0 Å². The Balaban J connectivity index is 2.48. The maximum Gasteiger partial charge on any atom is 0.326 e. The number of amides is 2. The van der Waals surface area contributed by atoms with Crippen LogP contribution in [0.15, 0.2) is 12.4 Å². The molecule has 0 bridgehead atoms. The molecule has 1 aromatic heterocycles. The number of hydrogen-bond acceptors (Lipinski definition) is 4. The Bertz CT molecular complexity index is 410. The van der Waals surface area contributed by atoms with E-state index in [-0.39, 0.29) is 0 Å². The normalized spacial score (nSPS) is 11.9. The minimum Gasteiger partial charge on any atom is -0.480 e. The summed E-state index contributed by atoms with van der Waals surface area (Å²) in [5.41, 5.74) is 0.855. The number of carboxylic acids is 1. The zero-order valence-corrected chi connectivity index (χ0v) is 11.7. The third-order valence-electron chi connectivity index (χ3n) is 2.53. The van der Waals surface area contributed by atoms with Gasteiger partial charge in [-0.05, 0) is 18.4 Å². The van der Waals surface area contributed by atoms with E-state index in [1.54, 1.807) is 31.2 Å². The molecule has 7 nitrogen and oxygen atoms in total. The number of urea groups is 1. The van der Waals surface area contributed by atoms with Crippen LogP contribution >= 0.6 is 11.8 Å². The van der Waals surface area contributed by atoms with Gasteiger partial charge in [0.25, 0.3) is 0 Å². The smallest absolute Gasteiger partial charge is 0.326 e. The quantitative estimate of drug-likeness (QED) is 0.687. The molecule has 106 valence electrons. The fourth-order valence-corrected chi connectivity index (χ4v) is 1.93. The van der Waals surface area contributed by atoms with Crippen molar-refractivity contribution in [3.63, 3.8) is 0 Å². The van der Waals surface area contributed by atoms with Crippen molar-refractivity contribution < 1.29 is 14.7 Å². The third-order valence-corrected chi connectivity index (χ3v) is 3.17. The van der Waals surface area contributed by atoms with Crippen molar-refractivity contribution in [3.05, 3.63) is 18.0 Å². The molecule has 0 unspecified atom stereocenters. The number of nitrogens with zero attached hydrogens (tertiary/aromatic N) is 2. The lowest BCUT2D eigenvalue weighted by atomic mass is 10.2. The highest BCUT2D eigenvalue weighted by molar-refractivity contribution is 7.98. The number of hydrogen-bond donors (Lipinski definition) is 3. The summed E-state index contributed by atoms with van der Waals surface area (Å²) < 4.78 is 0. The van der Waals surface area contributed by atoms with Gasteiger partial charge in [-0.2, -0.15) is 16.9 Å². The second-order valence-corrected chi connectivity index (χ2v) is 5.07. The Labute approximate surface area is 115 Å². The molecule has 0 saturated carbocycles. The molecule has 0 spiro atoms. The maximum atomic E-state index is 11.9. The van der Waals surface area contributed by atoms with Gasteiger partial charge >= 0.3 is 12.0 Å². The summed E-state index contributed by atoms with van der Waals surface area (Å²) in [5, 5.41) is 18.0. The summed E-state index contributed by atoms with van der Waals surface area (Å²) in [6.45, 7) is 0.372. The standard InChI is InChI=1S/C11H18N4O3S/c1-15(7-8-5-12-13-6-8)11(18)14-9(10(16)17)3-4-19-2/h5-6,9H,3-4,7H2,1-2H3,(H,12,13)(H,14,18)(H,16,17)/t9-/m1/s1. The number of aromatic amines is 1. The number of carboxylic acid groups (broad SMARTS) is 1. The van der Waals surface area contributed by atoms with E-state index in [9.17, 15) is 9.59 Å². The van der Waals surface area contributed by atoms with Gasteiger partial charge in [0, 0.05) is 18.8 Å². The average Bonchev–Trinajstić information content (AvgIpc) is 2.86. The highest BCUT2D eigenvalue weighted by Gasteiger charge is 2.21. The Morgan fingerprint density at radius 2 is 2.37 bits per heavy atom. The molecule has 2 amide bonds. The van der Waals surface area contributed by atoms with Crippen LogP contribution in [0.3, 0.4) is 0 Å². The van der Waals surface area contributed by atoms with E-state index >= 15 is 0 Å².